The Kier molecular flexibility index (Phi) is 5.52. The van der Waals surface area contributed by atoms with E-state index in [1.165, 1.54) is 6.33 Å². The van der Waals surface area contributed by atoms with Gasteiger partial charge in [0, 0.05) is 25.2 Å². The summed E-state index contributed by atoms with van der Waals surface area (Å²) in [5, 5.41) is 13.5. The van der Waals surface area contributed by atoms with Crippen LogP contribution in [0.2, 0.25) is 0 Å². The molecule has 0 fully saturated rings. The zero-order chi connectivity index (χ0) is 15.9. The lowest BCUT2D eigenvalue weighted by atomic mass is 10.1. The molecule has 0 saturated heterocycles. The first-order valence-electron chi connectivity index (χ1n) is 7.52. The molecule has 6 heteroatoms. The number of rotatable bonds is 5. The Morgan fingerprint density at radius 1 is 1.32 bits per heavy atom. The van der Waals surface area contributed by atoms with Gasteiger partial charge < -0.3 is 10.6 Å². The Labute approximate surface area is 131 Å². The van der Waals surface area contributed by atoms with E-state index in [0.717, 1.165) is 22.9 Å². The summed E-state index contributed by atoms with van der Waals surface area (Å²) >= 11 is 0. The molecule has 2 aromatic rings. The van der Waals surface area contributed by atoms with Crippen molar-refractivity contribution in [3.8, 4) is 11.4 Å². The van der Waals surface area contributed by atoms with Crippen molar-refractivity contribution in [2.24, 2.45) is 10.9 Å². The molecule has 1 atom stereocenters. The van der Waals surface area contributed by atoms with E-state index in [0.29, 0.717) is 18.5 Å². The van der Waals surface area contributed by atoms with Gasteiger partial charge in [-0.15, -0.1) is 0 Å². The number of aliphatic imine (C=N–C) groups is 1. The van der Waals surface area contributed by atoms with Crippen molar-refractivity contribution >= 4 is 5.96 Å². The minimum Gasteiger partial charge on any atom is -0.354 e. The van der Waals surface area contributed by atoms with Crippen LogP contribution in [0.25, 0.3) is 11.4 Å². The van der Waals surface area contributed by atoms with Crippen molar-refractivity contribution in [3.63, 3.8) is 0 Å². The molecule has 2 rings (SSSR count). The van der Waals surface area contributed by atoms with Crippen LogP contribution >= 0.6 is 0 Å². The van der Waals surface area contributed by atoms with Crippen LogP contribution in [0.3, 0.4) is 0 Å². The first kappa shape index (κ1) is 16.0. The van der Waals surface area contributed by atoms with Gasteiger partial charge in [0.25, 0.3) is 0 Å². The number of H-pyrrole nitrogens is 1. The number of nitrogens with one attached hydrogen (secondary N) is 3. The van der Waals surface area contributed by atoms with Crippen molar-refractivity contribution in [1.82, 2.24) is 25.8 Å². The van der Waals surface area contributed by atoms with Crippen molar-refractivity contribution in [1.29, 1.82) is 0 Å². The van der Waals surface area contributed by atoms with Crippen molar-refractivity contribution in [2.75, 3.05) is 7.05 Å². The quantitative estimate of drug-likeness (QED) is 0.584. The number of hydrogen-bond donors (Lipinski definition) is 3. The maximum absolute atomic E-state index is 4.26. The average Bonchev–Trinajstić information content (AvgIpc) is 3.05. The van der Waals surface area contributed by atoms with Gasteiger partial charge in [0.2, 0.25) is 0 Å². The molecule has 1 unspecified atom stereocenters. The van der Waals surface area contributed by atoms with Crippen molar-refractivity contribution in [2.45, 2.75) is 33.4 Å². The van der Waals surface area contributed by atoms with E-state index in [-0.39, 0.29) is 0 Å². The van der Waals surface area contributed by atoms with Gasteiger partial charge in [-0.25, -0.2) is 4.98 Å². The normalized spacial score (nSPS) is 13.2. The Hall–Kier alpha value is -2.37. The zero-order valence-corrected chi connectivity index (χ0v) is 13.6. The van der Waals surface area contributed by atoms with Gasteiger partial charge in [0.1, 0.15) is 6.33 Å². The fourth-order valence-corrected chi connectivity index (χ4v) is 1.94. The highest BCUT2D eigenvalue weighted by molar-refractivity contribution is 5.80. The molecule has 0 aliphatic rings. The smallest absolute Gasteiger partial charge is 0.191 e. The third kappa shape index (κ3) is 4.31. The van der Waals surface area contributed by atoms with Crippen LogP contribution in [-0.4, -0.2) is 34.2 Å². The summed E-state index contributed by atoms with van der Waals surface area (Å²) in [7, 11) is 1.79. The molecular formula is C16H24N6. The molecule has 118 valence electrons. The molecule has 6 nitrogen and oxygen atoms in total. The van der Waals surface area contributed by atoms with Crippen LogP contribution in [-0.2, 0) is 6.54 Å². The Morgan fingerprint density at radius 2 is 2.14 bits per heavy atom. The number of benzene rings is 1. The van der Waals surface area contributed by atoms with E-state index < -0.39 is 0 Å². The van der Waals surface area contributed by atoms with Gasteiger partial charge in [-0.05, 0) is 24.5 Å². The first-order valence-corrected chi connectivity index (χ1v) is 7.52. The monoisotopic (exact) mass is 300 g/mol. The second kappa shape index (κ2) is 7.59. The molecule has 0 aliphatic carbocycles. The van der Waals surface area contributed by atoms with E-state index in [1.807, 2.05) is 12.1 Å². The largest absolute Gasteiger partial charge is 0.354 e. The van der Waals surface area contributed by atoms with Crippen LogP contribution in [0.4, 0.5) is 0 Å². The molecule has 0 saturated carbocycles. The van der Waals surface area contributed by atoms with Crippen LogP contribution in [0.15, 0.2) is 35.6 Å². The minimum absolute atomic E-state index is 0.367. The molecule has 0 aliphatic heterocycles. The van der Waals surface area contributed by atoms with Gasteiger partial charge in [-0.3, -0.25) is 10.1 Å². The zero-order valence-electron chi connectivity index (χ0n) is 13.6. The van der Waals surface area contributed by atoms with E-state index in [9.17, 15) is 0 Å². The molecule has 0 spiro atoms. The summed E-state index contributed by atoms with van der Waals surface area (Å²) in [5.74, 6) is 2.14. The summed E-state index contributed by atoms with van der Waals surface area (Å²) < 4.78 is 0. The third-order valence-corrected chi connectivity index (χ3v) is 3.66. The lowest BCUT2D eigenvalue weighted by molar-refractivity contribution is 0.481. The number of nitrogens with zero attached hydrogens (tertiary/aromatic N) is 3. The predicted octanol–water partition coefficient (Wildman–Crippen LogP) is 2.18. The minimum atomic E-state index is 0.367. The molecule has 0 radical (unpaired) electrons. The predicted molar refractivity (Wildman–Crippen MR) is 89.5 cm³/mol. The number of guanidine groups is 1. The average molecular weight is 300 g/mol. The lowest BCUT2D eigenvalue weighted by Gasteiger charge is -2.20. The topological polar surface area (TPSA) is 78.0 Å². The molecule has 3 N–H and O–H groups in total. The molecular weight excluding hydrogens is 276 g/mol. The maximum atomic E-state index is 4.26. The fraction of sp³-hybridized carbons (Fsp3) is 0.438. The maximum Gasteiger partial charge on any atom is 0.191 e. The molecule has 1 heterocycles. The highest BCUT2D eigenvalue weighted by atomic mass is 15.2. The Bertz CT molecular complexity index is 603. The van der Waals surface area contributed by atoms with E-state index >= 15 is 0 Å². The van der Waals surface area contributed by atoms with Crippen LogP contribution in [0.5, 0.6) is 0 Å². The van der Waals surface area contributed by atoms with Gasteiger partial charge >= 0.3 is 0 Å². The Morgan fingerprint density at radius 3 is 2.77 bits per heavy atom. The summed E-state index contributed by atoms with van der Waals surface area (Å²) in [6.07, 6.45) is 1.51. The highest BCUT2D eigenvalue weighted by Gasteiger charge is 2.09. The summed E-state index contributed by atoms with van der Waals surface area (Å²) in [5.41, 5.74) is 2.18. The molecule has 22 heavy (non-hydrogen) atoms. The lowest BCUT2D eigenvalue weighted by Crippen LogP contribution is -2.43. The van der Waals surface area contributed by atoms with Crippen LogP contribution in [0.1, 0.15) is 26.3 Å². The fourth-order valence-electron chi connectivity index (χ4n) is 1.94. The highest BCUT2D eigenvalue weighted by Crippen LogP contribution is 2.15. The number of aromatic amines is 1. The molecule has 1 aromatic heterocycles. The summed E-state index contributed by atoms with van der Waals surface area (Å²) in [6.45, 7) is 7.23. The van der Waals surface area contributed by atoms with Gasteiger partial charge in [-0.1, -0.05) is 32.0 Å². The second-order valence-electron chi connectivity index (χ2n) is 5.64. The van der Waals surface area contributed by atoms with Gasteiger partial charge in [-0.2, -0.15) is 5.10 Å². The number of aromatic nitrogens is 3. The second-order valence-corrected chi connectivity index (χ2v) is 5.64. The van der Waals surface area contributed by atoms with Crippen LogP contribution < -0.4 is 10.6 Å². The van der Waals surface area contributed by atoms with E-state index in [1.54, 1.807) is 7.05 Å². The summed E-state index contributed by atoms with van der Waals surface area (Å²) in [4.78, 5) is 8.44. The van der Waals surface area contributed by atoms with Crippen molar-refractivity contribution < 1.29 is 0 Å². The van der Waals surface area contributed by atoms with Gasteiger partial charge in [0.15, 0.2) is 11.8 Å². The third-order valence-electron chi connectivity index (χ3n) is 3.66. The molecule has 0 bridgehead atoms. The summed E-state index contributed by atoms with van der Waals surface area (Å²) in [6, 6.07) is 8.56. The van der Waals surface area contributed by atoms with Gasteiger partial charge in [0.05, 0.1) is 0 Å². The Balaban J connectivity index is 1.98. The first-order chi connectivity index (χ1) is 10.6. The van der Waals surface area contributed by atoms with E-state index in [4.69, 9.17) is 0 Å². The van der Waals surface area contributed by atoms with Crippen LogP contribution in [0, 0.1) is 5.92 Å². The standard InChI is InChI=1S/C16H24N6/c1-11(2)12(3)21-16(17-4)18-9-13-6-5-7-14(8-13)15-19-10-20-22-15/h5-8,10-12H,9H2,1-4H3,(H2,17,18,21)(H,19,20,22). The molecule has 0 amide bonds. The number of hydrogen-bond acceptors (Lipinski definition) is 3. The van der Waals surface area contributed by atoms with E-state index in [2.05, 4.69) is 63.7 Å². The van der Waals surface area contributed by atoms with Crippen molar-refractivity contribution in [3.05, 3.63) is 36.2 Å². The molecule has 1 aromatic carbocycles. The SMILES string of the molecule is CN=C(NCc1cccc(-c2ncn[nH]2)c1)NC(C)C(C)C.